The molecule has 0 spiro atoms. The molecule has 5 nitrogen and oxygen atoms in total. The lowest BCUT2D eigenvalue weighted by atomic mass is 9.87. The molecule has 1 atom stereocenters. The highest BCUT2D eigenvalue weighted by Crippen LogP contribution is 2.29. The third kappa shape index (κ3) is 5.12. The highest BCUT2D eigenvalue weighted by atomic mass is 32.2. The van der Waals surface area contributed by atoms with Crippen molar-refractivity contribution in [3.05, 3.63) is 29.8 Å². The van der Waals surface area contributed by atoms with Crippen molar-refractivity contribution in [3.8, 4) is 11.5 Å². The van der Waals surface area contributed by atoms with Crippen LogP contribution in [0.3, 0.4) is 0 Å². The molecule has 6 heteroatoms. The molecule has 1 saturated heterocycles. The van der Waals surface area contributed by atoms with E-state index >= 15 is 0 Å². The maximum atomic E-state index is 12.7. The lowest BCUT2D eigenvalue weighted by Gasteiger charge is -2.23. The molecule has 0 unspecified atom stereocenters. The Kier molecular flexibility index (Phi) is 6.25. The molecule has 2 heterocycles. The summed E-state index contributed by atoms with van der Waals surface area (Å²) in [6.07, 6.45) is 4.62. The first-order valence-corrected chi connectivity index (χ1v) is 10.6. The lowest BCUT2D eigenvalue weighted by molar-refractivity contribution is -0.130. The molecule has 2 aromatic rings. The van der Waals surface area contributed by atoms with Crippen molar-refractivity contribution in [2.45, 2.75) is 69.3 Å². The van der Waals surface area contributed by atoms with Crippen molar-refractivity contribution < 1.29 is 9.21 Å². The van der Waals surface area contributed by atoms with Gasteiger partial charge < -0.3 is 9.32 Å². The lowest BCUT2D eigenvalue weighted by Crippen LogP contribution is -2.37. The predicted octanol–water partition coefficient (Wildman–Crippen LogP) is 4.92. The molecule has 146 valence electrons. The largest absolute Gasteiger partial charge is 0.411 e. The molecule has 1 aliphatic rings. The molecule has 1 aromatic heterocycles. The molecule has 0 saturated carbocycles. The second-order valence-corrected chi connectivity index (χ2v) is 9.49. The van der Waals surface area contributed by atoms with Crippen LogP contribution in [-0.4, -0.2) is 39.3 Å². The molecule has 1 amide bonds. The second kappa shape index (κ2) is 8.46. The van der Waals surface area contributed by atoms with Gasteiger partial charge in [-0.3, -0.25) is 4.79 Å². The zero-order chi connectivity index (χ0) is 19.4. The standard InChI is InChI=1S/C21H29N3O2S/c1-15(19(25)24-13-7-5-6-8-14-24)27-20-23-22-18(26-20)16-9-11-17(12-10-16)21(2,3)4/h9-12,15H,5-8,13-14H2,1-4H3/t15-/m1/s1. The van der Waals surface area contributed by atoms with Crippen LogP contribution < -0.4 is 0 Å². The van der Waals surface area contributed by atoms with Gasteiger partial charge in [-0.05, 0) is 42.9 Å². The fourth-order valence-electron chi connectivity index (χ4n) is 3.24. The van der Waals surface area contributed by atoms with Gasteiger partial charge in [-0.15, -0.1) is 10.2 Å². The van der Waals surface area contributed by atoms with Crippen LogP contribution in [-0.2, 0) is 10.2 Å². The van der Waals surface area contributed by atoms with Gasteiger partial charge in [0.15, 0.2) is 0 Å². The first-order chi connectivity index (χ1) is 12.8. The molecule has 3 rings (SSSR count). The normalized spacial score (nSPS) is 16.8. The second-order valence-electron chi connectivity index (χ2n) is 8.20. The number of aromatic nitrogens is 2. The summed E-state index contributed by atoms with van der Waals surface area (Å²) in [7, 11) is 0. The van der Waals surface area contributed by atoms with Crippen LogP contribution in [0.25, 0.3) is 11.5 Å². The van der Waals surface area contributed by atoms with Crippen molar-refractivity contribution in [1.82, 2.24) is 15.1 Å². The number of amides is 1. The number of likely N-dealkylation sites (tertiary alicyclic amines) is 1. The topological polar surface area (TPSA) is 59.2 Å². The van der Waals surface area contributed by atoms with E-state index in [0.717, 1.165) is 31.5 Å². The fourth-order valence-corrected chi connectivity index (χ4v) is 4.00. The van der Waals surface area contributed by atoms with Crippen LogP contribution in [0.5, 0.6) is 0 Å². The summed E-state index contributed by atoms with van der Waals surface area (Å²) in [4.78, 5) is 14.7. The Morgan fingerprint density at radius 3 is 2.30 bits per heavy atom. The van der Waals surface area contributed by atoms with Gasteiger partial charge >= 0.3 is 0 Å². The SMILES string of the molecule is C[C@@H](Sc1nnc(-c2ccc(C(C)(C)C)cc2)o1)C(=O)N1CCCCCC1. The quantitative estimate of drug-likeness (QED) is 0.697. The number of nitrogens with zero attached hydrogens (tertiary/aromatic N) is 3. The van der Waals surface area contributed by atoms with Crippen LogP contribution in [0.15, 0.2) is 33.9 Å². The predicted molar refractivity (Wildman–Crippen MR) is 109 cm³/mol. The summed E-state index contributed by atoms with van der Waals surface area (Å²) in [5.74, 6) is 0.656. The Balaban J connectivity index is 1.64. The van der Waals surface area contributed by atoms with E-state index < -0.39 is 0 Å². The maximum absolute atomic E-state index is 12.7. The third-order valence-corrected chi connectivity index (χ3v) is 5.87. The molecule has 1 aliphatic heterocycles. The van der Waals surface area contributed by atoms with E-state index in [1.54, 1.807) is 0 Å². The van der Waals surface area contributed by atoms with Gasteiger partial charge in [-0.1, -0.05) is 57.5 Å². The van der Waals surface area contributed by atoms with Crippen LogP contribution in [0.4, 0.5) is 0 Å². The molecule has 0 radical (unpaired) electrons. The van der Waals surface area contributed by atoms with Gasteiger partial charge in [0.05, 0.1) is 5.25 Å². The van der Waals surface area contributed by atoms with Crippen molar-refractivity contribution >= 4 is 17.7 Å². The van der Waals surface area contributed by atoms with Crippen molar-refractivity contribution in [3.63, 3.8) is 0 Å². The Bertz CT molecular complexity index is 756. The van der Waals surface area contributed by atoms with E-state index in [2.05, 4.69) is 43.1 Å². The van der Waals surface area contributed by atoms with Gasteiger partial charge in [0, 0.05) is 18.7 Å². The monoisotopic (exact) mass is 387 g/mol. The van der Waals surface area contributed by atoms with Crippen LogP contribution in [0.1, 0.15) is 58.9 Å². The van der Waals surface area contributed by atoms with E-state index in [9.17, 15) is 4.79 Å². The molecule has 1 aromatic carbocycles. The molecule has 0 aliphatic carbocycles. The number of hydrogen-bond donors (Lipinski definition) is 0. The van der Waals surface area contributed by atoms with Gasteiger partial charge in [-0.2, -0.15) is 0 Å². The van der Waals surface area contributed by atoms with E-state index in [-0.39, 0.29) is 16.6 Å². The smallest absolute Gasteiger partial charge is 0.277 e. The Labute approximate surface area is 165 Å². The fraction of sp³-hybridized carbons (Fsp3) is 0.571. The maximum Gasteiger partial charge on any atom is 0.277 e. The molecule has 27 heavy (non-hydrogen) atoms. The van der Waals surface area contributed by atoms with Crippen LogP contribution in [0.2, 0.25) is 0 Å². The molecule has 0 N–H and O–H groups in total. The molecular formula is C21H29N3O2S. The van der Waals surface area contributed by atoms with E-state index in [4.69, 9.17) is 4.42 Å². The minimum Gasteiger partial charge on any atom is -0.411 e. The molecule has 0 bridgehead atoms. The van der Waals surface area contributed by atoms with Crippen molar-refractivity contribution in [1.29, 1.82) is 0 Å². The summed E-state index contributed by atoms with van der Waals surface area (Å²) in [6, 6.07) is 8.21. The van der Waals surface area contributed by atoms with Crippen LogP contribution >= 0.6 is 11.8 Å². The van der Waals surface area contributed by atoms with Crippen LogP contribution in [0, 0.1) is 0 Å². The minimum atomic E-state index is -0.223. The van der Waals surface area contributed by atoms with Gasteiger partial charge in [-0.25, -0.2) is 0 Å². The Morgan fingerprint density at radius 2 is 1.70 bits per heavy atom. The first kappa shape index (κ1) is 19.9. The average molecular weight is 388 g/mol. The minimum absolute atomic E-state index is 0.109. The summed E-state index contributed by atoms with van der Waals surface area (Å²) < 4.78 is 5.80. The first-order valence-electron chi connectivity index (χ1n) is 9.74. The van der Waals surface area contributed by atoms with E-state index in [1.807, 2.05) is 24.0 Å². The zero-order valence-electron chi connectivity index (χ0n) is 16.7. The zero-order valence-corrected chi connectivity index (χ0v) is 17.5. The van der Waals surface area contributed by atoms with Gasteiger partial charge in [0.25, 0.3) is 5.22 Å². The number of benzene rings is 1. The average Bonchev–Trinajstić information content (AvgIpc) is 2.93. The summed E-state index contributed by atoms with van der Waals surface area (Å²) in [5.41, 5.74) is 2.27. The highest BCUT2D eigenvalue weighted by molar-refractivity contribution is 8.00. The third-order valence-electron chi connectivity index (χ3n) is 4.95. The Hall–Kier alpha value is -1.82. The summed E-state index contributed by atoms with van der Waals surface area (Å²) in [6.45, 7) is 10.2. The van der Waals surface area contributed by atoms with E-state index in [0.29, 0.717) is 11.1 Å². The number of hydrogen-bond acceptors (Lipinski definition) is 5. The van der Waals surface area contributed by atoms with Gasteiger partial charge in [0.2, 0.25) is 11.8 Å². The number of rotatable bonds is 4. The number of carbonyl (C=O) groups is 1. The summed E-state index contributed by atoms with van der Waals surface area (Å²) >= 11 is 1.34. The highest BCUT2D eigenvalue weighted by Gasteiger charge is 2.24. The number of thioether (sulfide) groups is 1. The molecular weight excluding hydrogens is 358 g/mol. The Morgan fingerprint density at radius 1 is 1.07 bits per heavy atom. The number of carbonyl (C=O) groups excluding carboxylic acids is 1. The van der Waals surface area contributed by atoms with Crippen molar-refractivity contribution in [2.75, 3.05) is 13.1 Å². The van der Waals surface area contributed by atoms with E-state index in [1.165, 1.54) is 30.2 Å². The summed E-state index contributed by atoms with van der Waals surface area (Å²) in [5, 5.41) is 8.50. The van der Waals surface area contributed by atoms with Crippen molar-refractivity contribution in [2.24, 2.45) is 0 Å². The molecule has 1 fully saturated rings. The van der Waals surface area contributed by atoms with Gasteiger partial charge in [0.1, 0.15) is 0 Å².